The number of esters is 1. The molecular formula is C44H59ClN2O7. The van der Waals surface area contributed by atoms with Crippen LogP contribution in [0.4, 0.5) is 0 Å². The highest BCUT2D eigenvalue weighted by Gasteiger charge is 2.71. The van der Waals surface area contributed by atoms with Gasteiger partial charge in [0, 0.05) is 27.8 Å². The van der Waals surface area contributed by atoms with Gasteiger partial charge in [-0.3, -0.25) is 14.4 Å². The van der Waals surface area contributed by atoms with E-state index in [9.17, 15) is 24.6 Å². The molecule has 54 heavy (non-hydrogen) atoms. The molecule has 0 spiro atoms. The molecule has 0 radical (unpaired) electrons. The summed E-state index contributed by atoms with van der Waals surface area (Å²) in [5.41, 5.74) is 0.385. The predicted molar refractivity (Wildman–Crippen MR) is 205 cm³/mol. The van der Waals surface area contributed by atoms with Crippen LogP contribution in [-0.2, 0) is 19.1 Å². The van der Waals surface area contributed by atoms with E-state index in [4.69, 9.17) is 20.8 Å². The van der Waals surface area contributed by atoms with Crippen molar-refractivity contribution < 1.29 is 33.8 Å². The van der Waals surface area contributed by atoms with Crippen molar-refractivity contribution in [2.24, 2.45) is 56.2 Å². The maximum absolute atomic E-state index is 14.1. The van der Waals surface area contributed by atoms with Crippen LogP contribution in [0.3, 0.4) is 0 Å². The lowest BCUT2D eigenvalue weighted by Gasteiger charge is -2.72. The average molecular weight is 763 g/mol. The van der Waals surface area contributed by atoms with E-state index in [0.717, 1.165) is 56.1 Å². The predicted octanol–water partition coefficient (Wildman–Crippen LogP) is 9.82. The lowest BCUT2D eigenvalue weighted by molar-refractivity contribution is -0.235. The molecule has 0 saturated heterocycles. The van der Waals surface area contributed by atoms with E-state index < -0.39 is 28.9 Å². The first-order valence-corrected chi connectivity index (χ1v) is 20.5. The molecule has 2 N–H and O–H groups in total. The number of aliphatic carboxylic acids is 1. The van der Waals surface area contributed by atoms with E-state index in [-0.39, 0.29) is 64.1 Å². The summed E-state index contributed by atoms with van der Waals surface area (Å²) in [6.45, 7) is 19.3. The van der Waals surface area contributed by atoms with Gasteiger partial charge in [-0.25, -0.2) is 0 Å². The fraction of sp³-hybridized carbons (Fsp3) is 0.705. The van der Waals surface area contributed by atoms with E-state index in [0.29, 0.717) is 34.7 Å². The van der Waals surface area contributed by atoms with Crippen molar-refractivity contribution in [3.8, 4) is 11.5 Å². The zero-order valence-corrected chi connectivity index (χ0v) is 34.3. The summed E-state index contributed by atoms with van der Waals surface area (Å²) in [7, 11) is 0. The maximum Gasteiger partial charge on any atom is 0.309 e. The van der Waals surface area contributed by atoms with Gasteiger partial charge >= 0.3 is 11.9 Å². The monoisotopic (exact) mass is 762 g/mol. The summed E-state index contributed by atoms with van der Waals surface area (Å²) in [6.07, 6.45) is 5.95. The molecule has 2 aromatic rings. The van der Waals surface area contributed by atoms with Crippen molar-refractivity contribution in [2.75, 3.05) is 0 Å². The third kappa shape index (κ3) is 5.67. The van der Waals surface area contributed by atoms with Crippen molar-refractivity contribution >= 4 is 29.3 Å². The fourth-order valence-corrected chi connectivity index (χ4v) is 13.2. The molecule has 0 bridgehead atoms. The number of carboxylic acids is 1. The molecule has 4 fully saturated rings. The number of allylic oxidation sites excluding steroid dienone is 1. The molecule has 294 valence electrons. The summed E-state index contributed by atoms with van der Waals surface area (Å²) in [6, 6.07) is 7.16. The number of hydrogen-bond acceptors (Lipinski definition) is 8. The number of carbonyl (C=O) groups excluding carboxylic acids is 2. The van der Waals surface area contributed by atoms with Crippen LogP contribution in [0.2, 0.25) is 5.02 Å². The molecule has 9 nitrogen and oxygen atoms in total. The summed E-state index contributed by atoms with van der Waals surface area (Å²) < 4.78 is 12.3. The number of carbonyl (C=O) groups is 3. The normalized spacial score (nSPS) is 36.6. The van der Waals surface area contributed by atoms with E-state index >= 15 is 0 Å². The van der Waals surface area contributed by atoms with E-state index in [1.165, 1.54) is 0 Å². The molecule has 0 aliphatic heterocycles. The second-order valence-corrected chi connectivity index (χ2v) is 20.3. The number of Topliss-reactive ketones (excluding diaryl/α,β-unsaturated/α-hetero) is 1. The number of hydrogen-bond donors (Lipinski definition) is 2. The molecule has 1 heterocycles. The number of ketones is 1. The fourth-order valence-electron chi connectivity index (χ4n) is 13.1. The lowest BCUT2D eigenvalue weighted by Crippen LogP contribution is -2.66. The van der Waals surface area contributed by atoms with Gasteiger partial charge in [0.1, 0.15) is 12.2 Å². The van der Waals surface area contributed by atoms with Gasteiger partial charge in [-0.15, -0.1) is 10.2 Å². The van der Waals surface area contributed by atoms with Crippen molar-refractivity contribution in [3.63, 3.8) is 0 Å². The van der Waals surface area contributed by atoms with Gasteiger partial charge < -0.3 is 19.4 Å². The average Bonchev–Trinajstić information content (AvgIpc) is 3.69. The van der Waals surface area contributed by atoms with Crippen LogP contribution in [0.15, 0.2) is 39.8 Å². The SMILES string of the molecule is CC(C)C1=C2[C@H]3CC[C@@H]4[C@@]5(C)CC[C@H](OC(=O)CC(C)(C)C(=O)O)C(C)(C)[C@@H]5CC[C@@]4(C)[C@]3(C)CC[C@@]2([C@H](O)c2nnc(-c3ccc(Cl)cc3)o2)CC1=O. The number of aromatic nitrogens is 2. The number of halogens is 1. The van der Waals surface area contributed by atoms with E-state index in [1.807, 2.05) is 12.1 Å². The number of carboxylic acid groups (broad SMARTS) is 1. The molecule has 5 aliphatic carbocycles. The molecule has 4 saturated carbocycles. The number of nitrogens with zero attached hydrogens (tertiary/aromatic N) is 2. The maximum atomic E-state index is 14.1. The molecule has 0 unspecified atom stereocenters. The number of fused-ring (bicyclic) bond motifs is 7. The van der Waals surface area contributed by atoms with Crippen molar-refractivity contribution in [3.05, 3.63) is 46.3 Å². The number of benzene rings is 1. The number of aliphatic hydroxyl groups excluding tert-OH is 1. The molecule has 0 amide bonds. The Bertz CT molecular complexity index is 1880. The Labute approximate surface area is 325 Å². The van der Waals surface area contributed by atoms with Crippen LogP contribution in [-0.4, -0.2) is 44.2 Å². The Morgan fingerprint density at radius 1 is 0.944 bits per heavy atom. The largest absolute Gasteiger partial charge is 0.481 e. The standard InChI is InChI=1S/C44H59ClN2O7/c1-24(2)33-28(48)22-44(35(50)37-47-46-36(54-37)25-10-12-26(45)13-11-25)21-20-42(8)27(34(33)44)14-15-30-41(7)18-17-31(53-32(49)23-39(3,4)38(51)52)40(5,6)29(41)16-19-43(30,42)9/h10-13,24,27,29-31,35,50H,14-23H2,1-9H3,(H,51,52)/t27-,29+,30-,31+,35-,41+,42-,43-,44-/m1/s1. The lowest BCUT2D eigenvalue weighted by atomic mass is 9.33. The Morgan fingerprint density at radius 2 is 1.63 bits per heavy atom. The highest BCUT2D eigenvalue weighted by atomic mass is 35.5. The van der Waals surface area contributed by atoms with Crippen LogP contribution in [0.25, 0.3) is 11.5 Å². The number of aliphatic hydroxyl groups is 1. The molecule has 1 aromatic carbocycles. The third-order valence-electron chi connectivity index (χ3n) is 16.2. The zero-order valence-electron chi connectivity index (χ0n) is 33.6. The summed E-state index contributed by atoms with van der Waals surface area (Å²) in [4.78, 5) is 39.0. The summed E-state index contributed by atoms with van der Waals surface area (Å²) >= 11 is 6.12. The minimum atomic E-state index is -1.18. The smallest absolute Gasteiger partial charge is 0.309 e. The minimum absolute atomic E-state index is 0.0175. The number of rotatable bonds is 8. The Kier molecular flexibility index (Phi) is 9.44. The van der Waals surface area contributed by atoms with Gasteiger partial charge in [0.25, 0.3) is 0 Å². The Hall–Kier alpha value is -3.04. The van der Waals surface area contributed by atoms with Crippen LogP contribution in [0, 0.1) is 56.2 Å². The van der Waals surface area contributed by atoms with Crippen molar-refractivity contribution in [1.29, 1.82) is 0 Å². The van der Waals surface area contributed by atoms with Crippen LogP contribution in [0.5, 0.6) is 0 Å². The van der Waals surface area contributed by atoms with Crippen molar-refractivity contribution in [1.82, 2.24) is 10.2 Å². The van der Waals surface area contributed by atoms with Crippen LogP contribution >= 0.6 is 11.6 Å². The quantitative estimate of drug-likeness (QED) is 0.252. The molecule has 5 aliphatic rings. The molecule has 10 heteroatoms. The van der Waals surface area contributed by atoms with Gasteiger partial charge in [0.2, 0.25) is 11.8 Å². The molecule has 7 rings (SSSR count). The summed E-state index contributed by atoms with van der Waals surface area (Å²) in [5, 5.41) is 31.3. The molecule has 9 atom stereocenters. The second-order valence-electron chi connectivity index (χ2n) is 19.9. The van der Waals surface area contributed by atoms with E-state index in [2.05, 4.69) is 58.7 Å². The summed E-state index contributed by atoms with van der Waals surface area (Å²) in [5.74, 6) is 0.0702. The minimum Gasteiger partial charge on any atom is -0.481 e. The van der Waals surface area contributed by atoms with Gasteiger partial charge in [0.15, 0.2) is 5.78 Å². The van der Waals surface area contributed by atoms with Gasteiger partial charge in [-0.2, -0.15) is 0 Å². The van der Waals surface area contributed by atoms with Crippen molar-refractivity contribution in [2.45, 2.75) is 139 Å². The Balaban J connectivity index is 1.19. The molecular weight excluding hydrogens is 704 g/mol. The molecule has 1 aromatic heterocycles. The van der Waals surface area contributed by atoms with E-state index in [1.54, 1.807) is 26.0 Å². The topological polar surface area (TPSA) is 140 Å². The third-order valence-corrected chi connectivity index (χ3v) is 16.4. The first-order valence-electron chi connectivity index (χ1n) is 20.1. The van der Waals surface area contributed by atoms with Gasteiger partial charge in [0.05, 0.1) is 11.8 Å². The van der Waals surface area contributed by atoms with Crippen LogP contribution < -0.4 is 0 Å². The zero-order chi connectivity index (χ0) is 39.4. The first-order chi connectivity index (χ1) is 25.1. The van der Waals surface area contributed by atoms with Gasteiger partial charge in [-0.05, 0) is 141 Å². The highest BCUT2D eigenvalue weighted by Crippen LogP contribution is 2.77. The second kappa shape index (κ2) is 13.0. The van der Waals surface area contributed by atoms with Crippen LogP contribution in [0.1, 0.15) is 139 Å². The first kappa shape index (κ1) is 39.2. The van der Waals surface area contributed by atoms with Gasteiger partial charge in [-0.1, -0.05) is 60.1 Å². The number of ether oxygens (including phenoxy) is 1. The highest BCUT2D eigenvalue weighted by molar-refractivity contribution is 6.30. The Morgan fingerprint density at radius 3 is 2.28 bits per heavy atom.